The van der Waals surface area contributed by atoms with Gasteiger partial charge in [0.1, 0.15) is 11.9 Å². The van der Waals surface area contributed by atoms with Gasteiger partial charge in [0.2, 0.25) is 0 Å². The molecule has 0 unspecified atom stereocenters. The molecule has 0 spiro atoms. The van der Waals surface area contributed by atoms with Crippen molar-refractivity contribution < 1.29 is 14.5 Å². The fraction of sp³-hybridized carbons (Fsp3) is 0.235. The number of benzene rings is 2. The van der Waals surface area contributed by atoms with E-state index >= 15 is 0 Å². The second-order valence-corrected chi connectivity index (χ2v) is 5.70. The van der Waals surface area contributed by atoms with Gasteiger partial charge in [-0.25, -0.2) is 4.39 Å². The van der Waals surface area contributed by atoms with Crippen molar-refractivity contribution in [3.05, 3.63) is 64.9 Å². The van der Waals surface area contributed by atoms with Crippen molar-refractivity contribution >= 4 is 23.2 Å². The first-order valence-electron chi connectivity index (χ1n) is 7.13. The minimum Gasteiger partial charge on any atom is -0.330 e. The zero-order valence-electron chi connectivity index (χ0n) is 12.5. The number of hydrogen-bond acceptors (Lipinski definition) is 1. The summed E-state index contributed by atoms with van der Waals surface area (Å²) < 4.78 is 13.0. The number of nitrogens with two attached hydrogens (primary N) is 1. The molecule has 0 aliphatic heterocycles. The lowest BCUT2D eigenvalue weighted by molar-refractivity contribution is -0.709. The smallest absolute Gasteiger partial charge is 0.282 e. The van der Waals surface area contributed by atoms with E-state index in [9.17, 15) is 9.18 Å². The Labute approximate surface area is 134 Å². The maximum atomic E-state index is 13.0. The van der Waals surface area contributed by atoms with Crippen molar-refractivity contribution in [3.63, 3.8) is 0 Å². The first-order chi connectivity index (χ1) is 10.5. The molecule has 0 bridgehead atoms. The van der Waals surface area contributed by atoms with E-state index in [2.05, 4.69) is 5.32 Å². The third kappa shape index (κ3) is 4.29. The number of nitrogens with one attached hydrogen (secondary N) is 1. The van der Waals surface area contributed by atoms with Crippen LogP contribution in [-0.4, -0.2) is 11.9 Å². The van der Waals surface area contributed by atoms with E-state index in [0.29, 0.717) is 5.69 Å². The monoisotopic (exact) mass is 321 g/mol. The molecule has 0 saturated heterocycles. The molecule has 3 nitrogen and oxygen atoms in total. The fourth-order valence-electron chi connectivity index (χ4n) is 2.23. The van der Waals surface area contributed by atoms with Crippen LogP contribution in [0.4, 0.5) is 10.1 Å². The predicted molar refractivity (Wildman–Crippen MR) is 86.3 cm³/mol. The van der Waals surface area contributed by atoms with Crippen LogP contribution < -0.4 is 10.6 Å². The molecule has 1 amide bonds. The van der Waals surface area contributed by atoms with Crippen LogP contribution in [0.15, 0.2) is 48.5 Å². The van der Waals surface area contributed by atoms with E-state index in [1.165, 1.54) is 18.2 Å². The Hall–Kier alpha value is -1.91. The Bertz CT molecular complexity index is 648. The van der Waals surface area contributed by atoms with Gasteiger partial charge in [0.05, 0.1) is 10.7 Å². The Morgan fingerprint density at radius 2 is 1.86 bits per heavy atom. The molecule has 0 aromatic heterocycles. The summed E-state index contributed by atoms with van der Waals surface area (Å²) in [4.78, 5) is 12.2. The summed E-state index contributed by atoms with van der Waals surface area (Å²) in [6, 6.07) is 13.7. The molecule has 116 valence electrons. The number of hydrogen-bond donors (Lipinski definition) is 2. The summed E-state index contributed by atoms with van der Waals surface area (Å²) in [6.07, 6.45) is 0. The van der Waals surface area contributed by atoms with E-state index in [0.717, 1.165) is 5.56 Å². The largest absolute Gasteiger partial charge is 0.330 e. The minimum atomic E-state index is -0.430. The number of quaternary nitrogens is 1. The minimum absolute atomic E-state index is 0.158. The molecule has 0 radical (unpaired) electrons. The number of carbonyl (C=O) groups excluding carboxylic acids is 1. The normalized spacial score (nSPS) is 13.5. The summed E-state index contributed by atoms with van der Waals surface area (Å²) >= 11 is 5.91. The van der Waals surface area contributed by atoms with Crippen LogP contribution >= 0.6 is 11.6 Å². The topological polar surface area (TPSA) is 45.7 Å². The Morgan fingerprint density at radius 1 is 1.18 bits per heavy atom. The second kappa shape index (κ2) is 7.38. The van der Waals surface area contributed by atoms with Crippen LogP contribution in [-0.2, 0) is 4.79 Å². The quantitative estimate of drug-likeness (QED) is 0.873. The van der Waals surface area contributed by atoms with Crippen molar-refractivity contribution in [2.45, 2.75) is 25.9 Å². The molecular formula is C17H19ClFN2O+. The predicted octanol–water partition coefficient (Wildman–Crippen LogP) is 3.13. The fourth-order valence-corrected chi connectivity index (χ4v) is 2.44. The number of halogens is 2. The highest BCUT2D eigenvalue weighted by molar-refractivity contribution is 6.33. The van der Waals surface area contributed by atoms with Crippen LogP contribution in [0, 0.1) is 5.82 Å². The zero-order valence-corrected chi connectivity index (χ0v) is 13.3. The lowest BCUT2D eigenvalue weighted by Gasteiger charge is -2.17. The number of rotatable bonds is 5. The average molecular weight is 322 g/mol. The summed E-state index contributed by atoms with van der Waals surface area (Å²) in [7, 11) is 0. The van der Waals surface area contributed by atoms with Gasteiger partial charge in [0.25, 0.3) is 5.91 Å². The van der Waals surface area contributed by atoms with Crippen LogP contribution in [0.25, 0.3) is 0 Å². The van der Waals surface area contributed by atoms with Gasteiger partial charge >= 0.3 is 0 Å². The van der Waals surface area contributed by atoms with E-state index < -0.39 is 5.82 Å². The van der Waals surface area contributed by atoms with Crippen molar-refractivity contribution in [2.75, 3.05) is 5.32 Å². The van der Waals surface area contributed by atoms with Gasteiger partial charge in [-0.05, 0) is 32.0 Å². The maximum Gasteiger partial charge on any atom is 0.282 e. The zero-order chi connectivity index (χ0) is 16.1. The Kier molecular flexibility index (Phi) is 5.52. The van der Waals surface area contributed by atoms with Gasteiger partial charge < -0.3 is 10.6 Å². The van der Waals surface area contributed by atoms with E-state index in [1.54, 1.807) is 0 Å². The maximum absolute atomic E-state index is 13.0. The third-order valence-corrected chi connectivity index (χ3v) is 3.82. The van der Waals surface area contributed by atoms with Gasteiger partial charge in [0.15, 0.2) is 6.04 Å². The highest BCUT2D eigenvalue weighted by Crippen LogP contribution is 2.22. The van der Waals surface area contributed by atoms with Gasteiger partial charge in [-0.15, -0.1) is 0 Å². The highest BCUT2D eigenvalue weighted by atomic mass is 35.5. The van der Waals surface area contributed by atoms with Crippen molar-refractivity contribution in [1.82, 2.24) is 0 Å². The first kappa shape index (κ1) is 16.5. The molecule has 0 fully saturated rings. The third-order valence-electron chi connectivity index (χ3n) is 3.51. The van der Waals surface area contributed by atoms with Crippen LogP contribution in [0.5, 0.6) is 0 Å². The number of carbonyl (C=O) groups is 1. The molecule has 0 saturated carbocycles. The average Bonchev–Trinajstić information content (AvgIpc) is 2.50. The summed E-state index contributed by atoms with van der Waals surface area (Å²) in [5.74, 6) is -0.600. The molecule has 5 heteroatoms. The Balaban J connectivity index is 1.97. The van der Waals surface area contributed by atoms with E-state index in [1.807, 2.05) is 49.5 Å². The lowest BCUT2D eigenvalue weighted by atomic mass is 10.1. The Morgan fingerprint density at radius 3 is 2.50 bits per heavy atom. The van der Waals surface area contributed by atoms with Crippen molar-refractivity contribution in [3.8, 4) is 0 Å². The van der Waals surface area contributed by atoms with Crippen LogP contribution in [0.1, 0.15) is 25.5 Å². The molecule has 0 aliphatic rings. The van der Waals surface area contributed by atoms with E-state index in [4.69, 9.17) is 11.6 Å². The summed E-state index contributed by atoms with van der Waals surface area (Å²) in [6.45, 7) is 3.87. The van der Waals surface area contributed by atoms with E-state index in [-0.39, 0.29) is 23.0 Å². The summed E-state index contributed by atoms with van der Waals surface area (Å²) in [5, 5.41) is 4.89. The van der Waals surface area contributed by atoms with Crippen molar-refractivity contribution in [2.24, 2.45) is 0 Å². The molecule has 2 aromatic rings. The number of anilines is 1. The number of amides is 1. The molecule has 0 aliphatic carbocycles. The van der Waals surface area contributed by atoms with Crippen molar-refractivity contribution in [1.29, 1.82) is 0 Å². The standard InChI is InChI=1S/C17H18ClFN2O/c1-11(13-6-4-3-5-7-13)20-12(2)17(22)21-16-9-8-14(19)10-15(16)18/h3-12,20H,1-2H3,(H,21,22)/p+1/t11-,12+/m1/s1. The first-order valence-corrected chi connectivity index (χ1v) is 7.51. The second-order valence-electron chi connectivity index (χ2n) is 5.29. The lowest BCUT2D eigenvalue weighted by Crippen LogP contribution is -2.91. The summed E-state index contributed by atoms with van der Waals surface area (Å²) in [5.41, 5.74) is 1.57. The SMILES string of the molecule is C[C@H]([NH2+][C@H](C)c1ccccc1)C(=O)Nc1ccc(F)cc1Cl. The van der Waals surface area contributed by atoms with Gasteiger partial charge in [-0.3, -0.25) is 4.79 Å². The molecule has 2 aromatic carbocycles. The van der Waals surface area contributed by atoms with Crippen LogP contribution in [0.3, 0.4) is 0 Å². The van der Waals surface area contributed by atoms with Gasteiger partial charge in [0, 0.05) is 5.56 Å². The van der Waals surface area contributed by atoms with Gasteiger partial charge in [-0.2, -0.15) is 0 Å². The van der Waals surface area contributed by atoms with Crippen LogP contribution in [0.2, 0.25) is 5.02 Å². The highest BCUT2D eigenvalue weighted by Gasteiger charge is 2.21. The molecule has 2 atom stereocenters. The van der Waals surface area contributed by atoms with Gasteiger partial charge in [-0.1, -0.05) is 41.9 Å². The molecule has 2 rings (SSSR count). The molecule has 22 heavy (non-hydrogen) atoms. The molecular weight excluding hydrogens is 303 g/mol. The molecule has 0 heterocycles. The molecule has 3 N–H and O–H groups in total.